The molecule has 1 unspecified atom stereocenters. The van der Waals surface area contributed by atoms with Crippen LogP contribution in [0.5, 0.6) is 5.75 Å². The van der Waals surface area contributed by atoms with Gasteiger partial charge in [0.25, 0.3) is 0 Å². The molecule has 3 N–H and O–H groups in total. The summed E-state index contributed by atoms with van der Waals surface area (Å²) in [5.74, 6) is 0.489. The summed E-state index contributed by atoms with van der Waals surface area (Å²) in [6.45, 7) is 4.06. The fraction of sp³-hybridized carbons (Fsp3) is 0.417. The van der Waals surface area contributed by atoms with E-state index >= 15 is 0 Å². The van der Waals surface area contributed by atoms with E-state index in [1.165, 1.54) is 0 Å². The fourth-order valence-corrected chi connectivity index (χ4v) is 1.85. The van der Waals surface area contributed by atoms with E-state index in [0.717, 1.165) is 12.8 Å². The Morgan fingerprint density at radius 2 is 2.29 bits per heavy atom. The summed E-state index contributed by atoms with van der Waals surface area (Å²) in [5, 5.41) is 12.1. The van der Waals surface area contributed by atoms with Crippen LogP contribution in [0.25, 0.3) is 0 Å². The molecule has 0 saturated heterocycles. The van der Waals surface area contributed by atoms with Crippen molar-refractivity contribution in [3.05, 3.63) is 28.8 Å². The zero-order valence-electron chi connectivity index (χ0n) is 9.98. The molecule has 0 aliphatic heterocycles. The molecule has 17 heavy (non-hydrogen) atoms. The van der Waals surface area contributed by atoms with E-state index in [0.29, 0.717) is 16.3 Å². The smallest absolute Gasteiger partial charge is 0.175 e. The molecule has 0 saturated carbocycles. The molecule has 1 rings (SSSR count). The number of halogens is 1. The molecule has 1 aromatic rings. The van der Waals surface area contributed by atoms with Gasteiger partial charge in [-0.15, -0.1) is 0 Å². The SMILES string of the molecule is CCCC(C)Oc1cccc(Cl)c1/C(N)=N/O. The van der Waals surface area contributed by atoms with Crippen LogP contribution in [0.2, 0.25) is 5.02 Å². The second kappa shape index (κ2) is 6.35. The minimum Gasteiger partial charge on any atom is -0.490 e. The van der Waals surface area contributed by atoms with Gasteiger partial charge in [0, 0.05) is 0 Å². The predicted octanol–water partition coefficient (Wildman–Crippen LogP) is 3.00. The maximum absolute atomic E-state index is 8.72. The molecule has 0 spiro atoms. The molecular weight excluding hydrogens is 240 g/mol. The van der Waals surface area contributed by atoms with Crippen molar-refractivity contribution in [2.24, 2.45) is 10.9 Å². The molecule has 1 atom stereocenters. The zero-order valence-corrected chi connectivity index (χ0v) is 10.7. The molecule has 1 aromatic carbocycles. The summed E-state index contributed by atoms with van der Waals surface area (Å²) >= 11 is 6.01. The van der Waals surface area contributed by atoms with Gasteiger partial charge in [-0.1, -0.05) is 36.2 Å². The van der Waals surface area contributed by atoms with E-state index in [1.54, 1.807) is 18.2 Å². The van der Waals surface area contributed by atoms with Crippen LogP contribution in [0, 0.1) is 0 Å². The lowest BCUT2D eigenvalue weighted by atomic mass is 10.1. The summed E-state index contributed by atoms with van der Waals surface area (Å²) in [5.41, 5.74) is 6.01. The van der Waals surface area contributed by atoms with Crippen LogP contribution in [0.1, 0.15) is 32.3 Å². The number of amidine groups is 1. The van der Waals surface area contributed by atoms with Gasteiger partial charge >= 0.3 is 0 Å². The van der Waals surface area contributed by atoms with E-state index in [4.69, 9.17) is 27.3 Å². The number of hydrogen-bond acceptors (Lipinski definition) is 3. The minimum absolute atomic E-state index is 0.0469. The lowest BCUT2D eigenvalue weighted by Crippen LogP contribution is -2.18. The van der Waals surface area contributed by atoms with Crippen LogP contribution in [-0.4, -0.2) is 17.1 Å². The lowest BCUT2D eigenvalue weighted by Gasteiger charge is -2.17. The average Bonchev–Trinajstić information content (AvgIpc) is 2.28. The van der Waals surface area contributed by atoms with Crippen LogP contribution in [0.15, 0.2) is 23.4 Å². The summed E-state index contributed by atoms with van der Waals surface area (Å²) in [6, 6.07) is 5.20. The minimum atomic E-state index is -0.0469. The van der Waals surface area contributed by atoms with Crippen molar-refractivity contribution in [3.8, 4) is 5.75 Å². The van der Waals surface area contributed by atoms with Crippen LogP contribution < -0.4 is 10.5 Å². The van der Waals surface area contributed by atoms with Crippen molar-refractivity contribution in [1.82, 2.24) is 0 Å². The molecule has 0 aliphatic carbocycles. The maximum Gasteiger partial charge on any atom is 0.175 e. The first kappa shape index (κ1) is 13.6. The Hall–Kier alpha value is -1.42. The molecule has 0 radical (unpaired) electrons. The first-order valence-electron chi connectivity index (χ1n) is 5.53. The van der Waals surface area contributed by atoms with Crippen molar-refractivity contribution < 1.29 is 9.94 Å². The summed E-state index contributed by atoms with van der Waals surface area (Å²) in [7, 11) is 0. The monoisotopic (exact) mass is 256 g/mol. The molecule has 0 amide bonds. The average molecular weight is 257 g/mol. The zero-order chi connectivity index (χ0) is 12.8. The molecule has 5 heteroatoms. The Bertz CT molecular complexity index is 407. The quantitative estimate of drug-likeness (QED) is 0.368. The molecule has 4 nitrogen and oxygen atoms in total. The highest BCUT2D eigenvalue weighted by molar-refractivity contribution is 6.34. The fourth-order valence-electron chi connectivity index (χ4n) is 1.58. The van der Waals surface area contributed by atoms with Crippen LogP contribution in [-0.2, 0) is 0 Å². The van der Waals surface area contributed by atoms with Crippen LogP contribution in [0.4, 0.5) is 0 Å². The highest BCUT2D eigenvalue weighted by Gasteiger charge is 2.14. The Morgan fingerprint density at radius 1 is 1.59 bits per heavy atom. The van der Waals surface area contributed by atoms with Gasteiger partial charge in [-0.2, -0.15) is 0 Å². The third-order valence-corrected chi connectivity index (χ3v) is 2.68. The largest absolute Gasteiger partial charge is 0.490 e. The first-order valence-corrected chi connectivity index (χ1v) is 5.91. The van der Waals surface area contributed by atoms with Crippen molar-refractivity contribution in [2.45, 2.75) is 32.8 Å². The molecule has 0 bridgehead atoms. The van der Waals surface area contributed by atoms with Gasteiger partial charge in [-0.3, -0.25) is 0 Å². The normalized spacial score (nSPS) is 13.5. The van der Waals surface area contributed by atoms with Crippen LogP contribution >= 0.6 is 11.6 Å². The van der Waals surface area contributed by atoms with Gasteiger partial charge in [0.1, 0.15) is 5.75 Å². The van der Waals surface area contributed by atoms with Crippen molar-refractivity contribution in [3.63, 3.8) is 0 Å². The lowest BCUT2D eigenvalue weighted by molar-refractivity contribution is 0.209. The third-order valence-electron chi connectivity index (χ3n) is 2.36. The Morgan fingerprint density at radius 3 is 2.88 bits per heavy atom. The molecule has 0 fully saturated rings. The number of nitrogens with two attached hydrogens (primary N) is 1. The molecular formula is C12H17ClN2O2. The standard InChI is InChI=1S/C12H17ClN2O2/c1-3-5-8(2)17-10-7-4-6-9(13)11(10)12(14)15-16/h4,6-8,16H,3,5H2,1-2H3,(H2,14,15). The third kappa shape index (κ3) is 3.53. The van der Waals surface area contributed by atoms with E-state index in [9.17, 15) is 0 Å². The van der Waals surface area contributed by atoms with Crippen molar-refractivity contribution in [1.29, 1.82) is 0 Å². The molecule has 0 aromatic heterocycles. The summed E-state index contributed by atoms with van der Waals surface area (Å²) in [4.78, 5) is 0. The van der Waals surface area contributed by atoms with Crippen LogP contribution in [0.3, 0.4) is 0 Å². The highest BCUT2D eigenvalue weighted by Crippen LogP contribution is 2.27. The second-order valence-corrected chi connectivity index (χ2v) is 4.22. The Labute approximate surface area is 106 Å². The van der Waals surface area contributed by atoms with Gasteiger partial charge in [0.15, 0.2) is 5.84 Å². The van der Waals surface area contributed by atoms with Crippen molar-refractivity contribution in [2.75, 3.05) is 0 Å². The topological polar surface area (TPSA) is 67.8 Å². The second-order valence-electron chi connectivity index (χ2n) is 3.82. The Kier molecular flexibility index (Phi) is 5.10. The number of ether oxygens (including phenoxy) is 1. The highest BCUT2D eigenvalue weighted by atomic mass is 35.5. The van der Waals surface area contributed by atoms with Crippen molar-refractivity contribution >= 4 is 17.4 Å². The van der Waals surface area contributed by atoms with Gasteiger partial charge < -0.3 is 15.7 Å². The number of hydrogen-bond donors (Lipinski definition) is 2. The number of oxime groups is 1. The van der Waals surface area contributed by atoms with Gasteiger partial charge in [-0.25, -0.2) is 0 Å². The van der Waals surface area contributed by atoms with Gasteiger partial charge in [0.05, 0.1) is 16.7 Å². The number of nitrogens with zero attached hydrogens (tertiary/aromatic N) is 1. The predicted molar refractivity (Wildman–Crippen MR) is 69.0 cm³/mol. The van der Waals surface area contributed by atoms with Gasteiger partial charge in [-0.05, 0) is 25.5 Å². The van der Waals surface area contributed by atoms with E-state index in [2.05, 4.69) is 12.1 Å². The van der Waals surface area contributed by atoms with Gasteiger partial charge in [0.2, 0.25) is 0 Å². The number of benzene rings is 1. The molecule has 0 aliphatic rings. The molecule has 94 valence electrons. The maximum atomic E-state index is 8.72. The summed E-state index contributed by atoms with van der Waals surface area (Å²) < 4.78 is 5.73. The summed E-state index contributed by atoms with van der Waals surface area (Å²) in [6.07, 6.45) is 2.02. The van der Waals surface area contributed by atoms with E-state index in [-0.39, 0.29) is 11.9 Å². The molecule has 0 heterocycles. The van der Waals surface area contributed by atoms with E-state index < -0.39 is 0 Å². The number of rotatable bonds is 5. The Balaban J connectivity index is 3.03. The van der Waals surface area contributed by atoms with E-state index in [1.807, 2.05) is 6.92 Å². The first-order chi connectivity index (χ1) is 8.10.